The largest absolute Gasteiger partial charge is 0.352 e. The number of anilines is 1. The Morgan fingerprint density at radius 2 is 2.11 bits per heavy atom. The summed E-state index contributed by atoms with van der Waals surface area (Å²) in [6.07, 6.45) is 3.86. The maximum atomic E-state index is 4.83. The van der Waals surface area contributed by atoms with Crippen LogP contribution >= 0.6 is 0 Å². The Balaban J connectivity index is 1.92. The number of pyridine rings is 1. The maximum absolute atomic E-state index is 4.83. The fourth-order valence-corrected chi connectivity index (χ4v) is 2.97. The van der Waals surface area contributed by atoms with Crippen molar-refractivity contribution >= 4 is 16.7 Å². The molecule has 0 saturated carbocycles. The van der Waals surface area contributed by atoms with Crippen LogP contribution in [0.15, 0.2) is 36.4 Å². The molecule has 2 aromatic rings. The van der Waals surface area contributed by atoms with Crippen LogP contribution in [-0.4, -0.2) is 31.2 Å². The van der Waals surface area contributed by atoms with Gasteiger partial charge in [0.1, 0.15) is 5.82 Å². The number of fused-ring (bicyclic) bond motifs is 1. The highest BCUT2D eigenvalue weighted by Crippen LogP contribution is 2.24. The number of likely N-dealkylation sites (N-methyl/N-ethyl adjacent to an activating group) is 1. The first-order valence-corrected chi connectivity index (χ1v) is 7.15. The summed E-state index contributed by atoms with van der Waals surface area (Å²) in [5, 5.41) is 4.52. The van der Waals surface area contributed by atoms with Crippen molar-refractivity contribution in [2.75, 3.05) is 25.0 Å². The fraction of sp³-hybridized carbons (Fsp3) is 0.438. The lowest BCUT2D eigenvalue weighted by molar-refractivity contribution is 0.444. The van der Waals surface area contributed by atoms with Crippen molar-refractivity contribution in [3.05, 3.63) is 36.4 Å². The molecule has 0 spiro atoms. The topological polar surface area (TPSA) is 28.2 Å². The molecule has 0 aliphatic carbocycles. The summed E-state index contributed by atoms with van der Waals surface area (Å²) in [4.78, 5) is 7.29. The maximum Gasteiger partial charge on any atom is 0.129 e. The third-order valence-electron chi connectivity index (χ3n) is 3.94. The third-order valence-corrected chi connectivity index (χ3v) is 3.94. The number of nitrogens with zero attached hydrogens (tertiary/aromatic N) is 2. The number of benzene rings is 1. The molecule has 0 amide bonds. The third kappa shape index (κ3) is 2.56. The Morgan fingerprint density at radius 1 is 1.21 bits per heavy atom. The molecule has 1 aromatic heterocycles. The van der Waals surface area contributed by atoms with Gasteiger partial charge in [-0.15, -0.1) is 0 Å². The average Bonchev–Trinajstić information content (AvgIpc) is 2.48. The first-order chi connectivity index (χ1) is 9.38. The molecule has 100 valence electrons. The van der Waals surface area contributed by atoms with Gasteiger partial charge in [0, 0.05) is 24.5 Å². The molecule has 1 fully saturated rings. The number of hydrogen-bond acceptors (Lipinski definition) is 3. The van der Waals surface area contributed by atoms with Crippen molar-refractivity contribution < 1.29 is 0 Å². The van der Waals surface area contributed by atoms with Gasteiger partial charge in [-0.2, -0.15) is 0 Å². The summed E-state index contributed by atoms with van der Waals surface area (Å²) in [6, 6.07) is 13.3. The lowest BCUT2D eigenvalue weighted by atomic mass is 10.0. The second-order valence-corrected chi connectivity index (χ2v) is 5.26. The van der Waals surface area contributed by atoms with Gasteiger partial charge in [0.15, 0.2) is 0 Å². The number of hydrogen-bond donors (Lipinski definition) is 1. The predicted molar refractivity (Wildman–Crippen MR) is 80.7 cm³/mol. The lowest BCUT2D eigenvalue weighted by Crippen LogP contribution is -2.45. The Bertz CT molecular complexity index is 550. The van der Waals surface area contributed by atoms with E-state index in [4.69, 9.17) is 4.98 Å². The van der Waals surface area contributed by atoms with Crippen LogP contribution in [0.3, 0.4) is 0 Å². The van der Waals surface area contributed by atoms with Gasteiger partial charge >= 0.3 is 0 Å². The van der Waals surface area contributed by atoms with Crippen LogP contribution in [0.1, 0.15) is 19.3 Å². The Labute approximate surface area is 114 Å². The molecule has 1 aliphatic heterocycles. The molecule has 1 aromatic carbocycles. The number of para-hydroxylation sites is 1. The molecule has 1 N–H and O–H groups in total. The minimum atomic E-state index is 0.576. The summed E-state index contributed by atoms with van der Waals surface area (Å²) in [5.74, 6) is 1.12. The first kappa shape index (κ1) is 12.4. The van der Waals surface area contributed by atoms with Crippen molar-refractivity contribution in [2.45, 2.75) is 25.3 Å². The molecule has 1 atom stereocenters. The highest BCUT2D eigenvalue weighted by molar-refractivity contribution is 5.80. The van der Waals surface area contributed by atoms with E-state index in [0.29, 0.717) is 6.04 Å². The molecule has 1 aliphatic rings. The summed E-state index contributed by atoms with van der Waals surface area (Å²) in [6.45, 7) is 2.16. The number of piperidine rings is 1. The van der Waals surface area contributed by atoms with E-state index < -0.39 is 0 Å². The molecule has 0 radical (unpaired) electrons. The molecule has 19 heavy (non-hydrogen) atoms. The average molecular weight is 255 g/mol. The second kappa shape index (κ2) is 5.57. The van der Waals surface area contributed by atoms with Crippen molar-refractivity contribution in [1.82, 2.24) is 10.3 Å². The molecule has 3 heteroatoms. The molecular weight excluding hydrogens is 234 g/mol. The van der Waals surface area contributed by atoms with Gasteiger partial charge in [0.05, 0.1) is 5.52 Å². The highest BCUT2D eigenvalue weighted by atomic mass is 15.2. The summed E-state index contributed by atoms with van der Waals surface area (Å²) >= 11 is 0. The van der Waals surface area contributed by atoms with Crippen molar-refractivity contribution in [1.29, 1.82) is 0 Å². The van der Waals surface area contributed by atoms with Crippen LogP contribution in [0.4, 0.5) is 5.82 Å². The monoisotopic (exact) mass is 255 g/mol. The zero-order valence-corrected chi connectivity index (χ0v) is 11.5. The van der Waals surface area contributed by atoms with Crippen LogP contribution in [0.5, 0.6) is 0 Å². The number of aromatic nitrogens is 1. The van der Waals surface area contributed by atoms with E-state index in [9.17, 15) is 0 Å². The standard InChI is InChI=1S/C16H21N3/c1-17-12-14-7-4-5-11-19(14)16-10-9-13-6-2-3-8-15(13)18-16/h2-3,6,8-10,14,17H,4-5,7,11-12H2,1H3. The SMILES string of the molecule is CNCC1CCCCN1c1ccc2ccccc2n1. The summed E-state index contributed by atoms with van der Waals surface area (Å²) < 4.78 is 0. The number of nitrogens with one attached hydrogen (secondary N) is 1. The van der Waals surface area contributed by atoms with Crippen LogP contribution in [0.25, 0.3) is 10.9 Å². The van der Waals surface area contributed by atoms with Gasteiger partial charge in [-0.3, -0.25) is 0 Å². The molecule has 3 nitrogen and oxygen atoms in total. The van der Waals surface area contributed by atoms with Crippen molar-refractivity contribution in [3.8, 4) is 0 Å². The van der Waals surface area contributed by atoms with Gasteiger partial charge < -0.3 is 10.2 Å². The Morgan fingerprint density at radius 3 is 3.00 bits per heavy atom. The van der Waals surface area contributed by atoms with Crippen LogP contribution in [0.2, 0.25) is 0 Å². The molecular formula is C16H21N3. The Kier molecular flexibility index (Phi) is 3.65. The minimum Gasteiger partial charge on any atom is -0.352 e. The van der Waals surface area contributed by atoms with E-state index in [1.165, 1.54) is 24.6 Å². The summed E-state index contributed by atoms with van der Waals surface area (Å²) in [5.41, 5.74) is 1.09. The van der Waals surface area contributed by atoms with Crippen LogP contribution in [-0.2, 0) is 0 Å². The van der Waals surface area contributed by atoms with Gasteiger partial charge in [-0.1, -0.05) is 18.2 Å². The van der Waals surface area contributed by atoms with Crippen LogP contribution < -0.4 is 10.2 Å². The van der Waals surface area contributed by atoms with E-state index in [-0.39, 0.29) is 0 Å². The summed E-state index contributed by atoms with van der Waals surface area (Å²) in [7, 11) is 2.03. The normalized spacial score (nSPS) is 19.8. The minimum absolute atomic E-state index is 0.576. The van der Waals surface area contributed by atoms with Gasteiger partial charge in [-0.25, -0.2) is 4.98 Å². The molecule has 1 saturated heterocycles. The molecule has 0 bridgehead atoms. The van der Waals surface area contributed by atoms with Crippen molar-refractivity contribution in [2.24, 2.45) is 0 Å². The molecule has 3 rings (SSSR count). The number of rotatable bonds is 3. The van der Waals surface area contributed by atoms with E-state index >= 15 is 0 Å². The van der Waals surface area contributed by atoms with E-state index in [0.717, 1.165) is 24.4 Å². The van der Waals surface area contributed by atoms with Gasteiger partial charge in [-0.05, 0) is 44.5 Å². The molecule has 1 unspecified atom stereocenters. The quantitative estimate of drug-likeness (QED) is 0.914. The predicted octanol–water partition coefficient (Wildman–Crippen LogP) is 2.81. The lowest BCUT2D eigenvalue weighted by Gasteiger charge is -2.36. The Hall–Kier alpha value is -1.61. The van der Waals surface area contributed by atoms with E-state index in [2.05, 4.69) is 46.6 Å². The smallest absolute Gasteiger partial charge is 0.129 e. The zero-order chi connectivity index (χ0) is 13.1. The zero-order valence-electron chi connectivity index (χ0n) is 11.5. The highest BCUT2D eigenvalue weighted by Gasteiger charge is 2.22. The first-order valence-electron chi connectivity index (χ1n) is 7.15. The second-order valence-electron chi connectivity index (χ2n) is 5.26. The van der Waals surface area contributed by atoms with Gasteiger partial charge in [0.2, 0.25) is 0 Å². The fourth-order valence-electron chi connectivity index (χ4n) is 2.97. The van der Waals surface area contributed by atoms with E-state index in [1.54, 1.807) is 0 Å². The molecule has 2 heterocycles. The van der Waals surface area contributed by atoms with Crippen molar-refractivity contribution in [3.63, 3.8) is 0 Å². The van der Waals surface area contributed by atoms with E-state index in [1.807, 2.05) is 7.05 Å². The van der Waals surface area contributed by atoms with Crippen LogP contribution in [0, 0.1) is 0 Å². The van der Waals surface area contributed by atoms with Gasteiger partial charge in [0.25, 0.3) is 0 Å².